The Morgan fingerprint density at radius 1 is 1.24 bits per heavy atom. The fourth-order valence-electron chi connectivity index (χ4n) is 2.56. The molecule has 0 aliphatic carbocycles. The highest BCUT2D eigenvalue weighted by molar-refractivity contribution is 9.08. The maximum atomic E-state index is 3.58. The minimum Gasteiger partial charge on any atom is -0.371 e. The summed E-state index contributed by atoms with van der Waals surface area (Å²) in [6.45, 7) is 2.35. The van der Waals surface area contributed by atoms with Gasteiger partial charge < -0.3 is 9.80 Å². The van der Waals surface area contributed by atoms with Crippen LogP contribution in [-0.2, 0) is 5.33 Å². The fourth-order valence-corrected chi connectivity index (χ4v) is 3.03. The van der Waals surface area contributed by atoms with E-state index in [2.05, 4.69) is 64.1 Å². The normalized spacial score (nSPS) is 17.8. The van der Waals surface area contributed by atoms with Crippen molar-refractivity contribution >= 4 is 21.6 Å². The van der Waals surface area contributed by atoms with Crippen LogP contribution in [0.25, 0.3) is 0 Å². The number of hydrogen-bond acceptors (Lipinski definition) is 2. The molecule has 94 valence electrons. The molecule has 0 aromatic heterocycles. The predicted molar refractivity (Wildman–Crippen MR) is 78.0 cm³/mol. The van der Waals surface area contributed by atoms with Gasteiger partial charge in [-0.15, -0.1) is 0 Å². The van der Waals surface area contributed by atoms with Crippen LogP contribution in [0.3, 0.4) is 0 Å². The Morgan fingerprint density at radius 2 is 1.88 bits per heavy atom. The Hall–Kier alpha value is -0.540. The van der Waals surface area contributed by atoms with Crippen LogP contribution in [-0.4, -0.2) is 38.1 Å². The maximum absolute atomic E-state index is 3.58. The number of halogens is 1. The summed E-state index contributed by atoms with van der Waals surface area (Å²) in [6.07, 6.45) is 2.53. The first-order valence-electron chi connectivity index (χ1n) is 6.27. The minimum absolute atomic E-state index is 0.752. The third kappa shape index (κ3) is 3.02. The van der Waals surface area contributed by atoms with Gasteiger partial charge in [0.25, 0.3) is 0 Å². The quantitative estimate of drug-likeness (QED) is 0.791. The van der Waals surface area contributed by atoms with Gasteiger partial charge in [-0.05, 0) is 38.6 Å². The second kappa shape index (κ2) is 5.87. The van der Waals surface area contributed by atoms with E-state index >= 15 is 0 Å². The van der Waals surface area contributed by atoms with Crippen LogP contribution in [0.5, 0.6) is 0 Å². The first-order chi connectivity index (χ1) is 8.22. The highest BCUT2D eigenvalue weighted by Crippen LogP contribution is 2.26. The Morgan fingerprint density at radius 3 is 2.47 bits per heavy atom. The van der Waals surface area contributed by atoms with Crippen molar-refractivity contribution in [3.8, 4) is 0 Å². The van der Waals surface area contributed by atoms with Crippen LogP contribution in [0.2, 0.25) is 0 Å². The zero-order chi connectivity index (χ0) is 12.3. The van der Waals surface area contributed by atoms with Gasteiger partial charge in [-0.25, -0.2) is 0 Å². The first-order valence-corrected chi connectivity index (χ1v) is 7.39. The lowest BCUT2D eigenvalue weighted by Crippen LogP contribution is -2.42. The number of hydrogen-bond donors (Lipinski definition) is 0. The van der Waals surface area contributed by atoms with E-state index in [9.17, 15) is 0 Å². The second-order valence-electron chi connectivity index (χ2n) is 4.94. The van der Waals surface area contributed by atoms with Crippen LogP contribution >= 0.6 is 15.9 Å². The van der Waals surface area contributed by atoms with Gasteiger partial charge in [0.2, 0.25) is 0 Å². The highest BCUT2D eigenvalue weighted by Gasteiger charge is 2.21. The average Bonchev–Trinajstić information content (AvgIpc) is 2.39. The van der Waals surface area contributed by atoms with Gasteiger partial charge in [0.1, 0.15) is 0 Å². The number of alkyl halides is 1. The van der Waals surface area contributed by atoms with Gasteiger partial charge in [0, 0.05) is 30.1 Å². The molecule has 0 spiro atoms. The largest absolute Gasteiger partial charge is 0.371 e. The first kappa shape index (κ1) is 12.9. The lowest BCUT2D eigenvalue weighted by Gasteiger charge is -2.37. The van der Waals surface area contributed by atoms with Crippen LogP contribution in [0.1, 0.15) is 18.4 Å². The molecular formula is C14H21BrN2. The number of anilines is 1. The molecule has 1 aromatic rings. The van der Waals surface area contributed by atoms with Gasteiger partial charge in [0.15, 0.2) is 0 Å². The van der Waals surface area contributed by atoms with Gasteiger partial charge in [-0.3, -0.25) is 0 Å². The molecule has 0 saturated carbocycles. The lowest BCUT2D eigenvalue weighted by atomic mass is 10.0. The predicted octanol–water partition coefficient (Wildman–Crippen LogP) is 3.11. The number of piperidine rings is 1. The summed E-state index contributed by atoms with van der Waals surface area (Å²) in [5.74, 6) is 0. The standard InChI is InChI=1S/C14H21BrN2/c1-16(2)13-7-9-17(10-8-13)14-6-4-3-5-12(14)11-15/h3-6,13H,7-11H2,1-2H3. The van der Waals surface area contributed by atoms with E-state index in [1.165, 1.54) is 37.2 Å². The van der Waals surface area contributed by atoms with Crippen molar-refractivity contribution in [2.75, 3.05) is 32.1 Å². The zero-order valence-electron chi connectivity index (χ0n) is 10.7. The van der Waals surface area contributed by atoms with Gasteiger partial charge in [-0.1, -0.05) is 34.1 Å². The SMILES string of the molecule is CN(C)C1CCN(c2ccccc2CBr)CC1. The summed E-state index contributed by atoms with van der Waals surface area (Å²) < 4.78 is 0. The molecule has 17 heavy (non-hydrogen) atoms. The molecule has 1 saturated heterocycles. The summed E-state index contributed by atoms with van der Waals surface area (Å²) in [6, 6.07) is 9.46. The van der Waals surface area contributed by atoms with Gasteiger partial charge in [0.05, 0.1) is 0 Å². The Balaban J connectivity index is 2.05. The van der Waals surface area contributed by atoms with E-state index in [1.807, 2.05) is 0 Å². The lowest BCUT2D eigenvalue weighted by molar-refractivity contribution is 0.249. The third-order valence-electron chi connectivity index (χ3n) is 3.67. The monoisotopic (exact) mass is 296 g/mol. The van der Waals surface area contributed by atoms with Crippen molar-refractivity contribution in [1.29, 1.82) is 0 Å². The van der Waals surface area contributed by atoms with E-state index in [-0.39, 0.29) is 0 Å². The summed E-state index contributed by atoms with van der Waals surface area (Å²) >= 11 is 3.58. The van der Waals surface area contributed by atoms with Gasteiger partial charge in [-0.2, -0.15) is 0 Å². The van der Waals surface area contributed by atoms with Crippen molar-refractivity contribution in [3.63, 3.8) is 0 Å². The molecule has 0 unspecified atom stereocenters. The summed E-state index contributed by atoms with van der Waals surface area (Å²) in [5, 5.41) is 0.941. The highest BCUT2D eigenvalue weighted by atomic mass is 79.9. The molecule has 2 nitrogen and oxygen atoms in total. The van der Waals surface area contributed by atoms with Crippen LogP contribution < -0.4 is 4.90 Å². The van der Waals surface area contributed by atoms with E-state index in [1.54, 1.807) is 0 Å². The zero-order valence-corrected chi connectivity index (χ0v) is 12.3. The summed E-state index contributed by atoms with van der Waals surface area (Å²) in [4.78, 5) is 4.88. The molecular weight excluding hydrogens is 276 g/mol. The van der Waals surface area contributed by atoms with Crippen molar-refractivity contribution in [1.82, 2.24) is 4.90 Å². The topological polar surface area (TPSA) is 6.48 Å². The Bertz CT molecular complexity index is 357. The summed E-state index contributed by atoms with van der Waals surface area (Å²) in [5.41, 5.74) is 2.80. The summed E-state index contributed by atoms with van der Waals surface area (Å²) in [7, 11) is 4.37. The van der Waals surface area contributed by atoms with Crippen LogP contribution in [0, 0.1) is 0 Å². The van der Waals surface area contributed by atoms with Crippen LogP contribution in [0.4, 0.5) is 5.69 Å². The molecule has 1 heterocycles. The van der Waals surface area contributed by atoms with E-state index in [0.29, 0.717) is 0 Å². The number of nitrogens with zero attached hydrogens (tertiary/aromatic N) is 2. The maximum Gasteiger partial charge on any atom is 0.0407 e. The molecule has 1 fully saturated rings. The molecule has 2 rings (SSSR count). The Kier molecular flexibility index (Phi) is 4.46. The Labute approximate surface area is 113 Å². The van der Waals surface area contributed by atoms with E-state index < -0.39 is 0 Å². The van der Waals surface area contributed by atoms with E-state index in [4.69, 9.17) is 0 Å². The number of para-hydroxylation sites is 1. The number of benzene rings is 1. The van der Waals surface area contributed by atoms with Crippen LogP contribution in [0.15, 0.2) is 24.3 Å². The van der Waals surface area contributed by atoms with Crippen molar-refractivity contribution in [3.05, 3.63) is 29.8 Å². The fraction of sp³-hybridized carbons (Fsp3) is 0.571. The molecule has 0 amide bonds. The van der Waals surface area contributed by atoms with Gasteiger partial charge >= 0.3 is 0 Å². The molecule has 3 heteroatoms. The molecule has 0 N–H and O–H groups in total. The third-order valence-corrected chi connectivity index (χ3v) is 4.28. The smallest absolute Gasteiger partial charge is 0.0407 e. The molecule has 1 aliphatic heterocycles. The molecule has 0 radical (unpaired) electrons. The van der Waals surface area contributed by atoms with Crippen molar-refractivity contribution in [2.45, 2.75) is 24.2 Å². The second-order valence-corrected chi connectivity index (χ2v) is 5.50. The van der Waals surface area contributed by atoms with E-state index in [0.717, 1.165) is 11.4 Å². The number of rotatable bonds is 3. The minimum atomic E-state index is 0.752. The molecule has 1 aromatic carbocycles. The van der Waals surface area contributed by atoms with Crippen molar-refractivity contribution in [2.24, 2.45) is 0 Å². The molecule has 0 bridgehead atoms. The average molecular weight is 297 g/mol. The van der Waals surface area contributed by atoms with Crippen molar-refractivity contribution < 1.29 is 0 Å². The molecule has 1 aliphatic rings. The molecule has 0 atom stereocenters.